The molecule has 0 spiro atoms. The molecule has 1 aromatic carbocycles. The molecule has 0 unspecified atom stereocenters. The quantitative estimate of drug-likeness (QED) is 0.665. The van der Waals surface area contributed by atoms with Gasteiger partial charge in [-0.1, -0.05) is 18.9 Å². The first-order valence-electron chi connectivity index (χ1n) is 8.42. The van der Waals surface area contributed by atoms with Crippen LogP contribution in [0.3, 0.4) is 0 Å². The van der Waals surface area contributed by atoms with Crippen molar-refractivity contribution in [3.05, 3.63) is 29.8 Å². The molecule has 1 aliphatic rings. The summed E-state index contributed by atoms with van der Waals surface area (Å²) >= 11 is 0. The Hall–Kier alpha value is -1.44. The lowest BCUT2D eigenvalue weighted by Gasteiger charge is -2.13. The van der Waals surface area contributed by atoms with Gasteiger partial charge in [0, 0.05) is 31.9 Å². The fraction of sp³-hybridized carbons (Fsp3) is 0.588. The van der Waals surface area contributed by atoms with Gasteiger partial charge in [-0.05, 0) is 43.9 Å². The summed E-state index contributed by atoms with van der Waals surface area (Å²) in [5.41, 5.74) is 0.357. The summed E-state index contributed by atoms with van der Waals surface area (Å²) < 4.78 is 32.6. The smallest absolute Gasteiger partial charge is 0.251 e. The van der Waals surface area contributed by atoms with Crippen LogP contribution in [-0.4, -0.2) is 40.6 Å². The molecule has 0 bridgehead atoms. The predicted octanol–water partition coefficient (Wildman–Crippen LogP) is 2.06. The van der Waals surface area contributed by atoms with Crippen LogP contribution >= 0.6 is 0 Å². The Morgan fingerprint density at radius 2 is 2.00 bits per heavy atom. The van der Waals surface area contributed by atoms with E-state index in [1.807, 2.05) is 0 Å². The van der Waals surface area contributed by atoms with Gasteiger partial charge in [0.2, 0.25) is 10.0 Å². The van der Waals surface area contributed by atoms with Crippen LogP contribution in [0.4, 0.5) is 0 Å². The first-order valence-corrected chi connectivity index (χ1v) is 9.91. The second kappa shape index (κ2) is 9.15. The second-order valence-corrected chi connectivity index (χ2v) is 7.80. The molecule has 1 saturated carbocycles. The molecule has 1 aliphatic carbocycles. The third kappa shape index (κ3) is 5.58. The topological polar surface area (TPSA) is 84.5 Å². The fourth-order valence-electron chi connectivity index (χ4n) is 2.81. The Morgan fingerprint density at radius 3 is 2.71 bits per heavy atom. The zero-order valence-electron chi connectivity index (χ0n) is 14.1. The number of amides is 1. The van der Waals surface area contributed by atoms with Crippen molar-refractivity contribution in [1.29, 1.82) is 0 Å². The van der Waals surface area contributed by atoms with Crippen LogP contribution in [0.2, 0.25) is 0 Å². The van der Waals surface area contributed by atoms with Crippen molar-refractivity contribution in [3.63, 3.8) is 0 Å². The van der Waals surface area contributed by atoms with Crippen molar-refractivity contribution < 1.29 is 17.9 Å². The summed E-state index contributed by atoms with van der Waals surface area (Å²) in [7, 11) is -1.94. The highest BCUT2D eigenvalue weighted by molar-refractivity contribution is 7.89. The highest BCUT2D eigenvalue weighted by atomic mass is 32.2. The van der Waals surface area contributed by atoms with Crippen molar-refractivity contribution in [2.45, 2.75) is 49.5 Å². The Kier molecular flexibility index (Phi) is 7.20. The highest BCUT2D eigenvalue weighted by Gasteiger charge is 2.23. The monoisotopic (exact) mass is 354 g/mol. The summed E-state index contributed by atoms with van der Waals surface area (Å²) in [5.74, 6) is -0.259. The molecule has 0 aromatic heterocycles. The molecule has 134 valence electrons. The van der Waals surface area contributed by atoms with E-state index in [2.05, 4.69) is 10.0 Å². The average Bonchev–Trinajstić information content (AvgIpc) is 3.07. The normalized spacial score (nSPS) is 15.5. The Balaban J connectivity index is 1.95. The number of ether oxygens (including phenoxy) is 1. The number of methoxy groups -OCH3 is 1. The standard InChI is InChI=1S/C17H26N2O4S/c1-23-12-5-4-11-18-17(20)14-7-6-10-16(13-14)24(21,22)19-15-8-2-3-9-15/h6-7,10,13,15,19H,2-5,8-9,11-12H2,1H3,(H,18,20). The van der Waals surface area contributed by atoms with Gasteiger partial charge in [0.25, 0.3) is 5.91 Å². The summed E-state index contributed by atoms with van der Waals surface area (Å²) in [6, 6.07) is 6.18. The van der Waals surface area contributed by atoms with Crippen molar-refractivity contribution in [3.8, 4) is 0 Å². The van der Waals surface area contributed by atoms with Gasteiger partial charge in [0.15, 0.2) is 0 Å². The summed E-state index contributed by atoms with van der Waals surface area (Å²) in [5, 5.41) is 2.80. The van der Waals surface area contributed by atoms with E-state index < -0.39 is 10.0 Å². The minimum Gasteiger partial charge on any atom is -0.385 e. The second-order valence-electron chi connectivity index (χ2n) is 6.09. The fourth-order valence-corrected chi connectivity index (χ4v) is 4.16. The highest BCUT2D eigenvalue weighted by Crippen LogP contribution is 2.20. The lowest BCUT2D eigenvalue weighted by atomic mass is 10.2. The zero-order valence-corrected chi connectivity index (χ0v) is 14.9. The van der Waals surface area contributed by atoms with E-state index >= 15 is 0 Å². The van der Waals surface area contributed by atoms with E-state index in [9.17, 15) is 13.2 Å². The molecule has 6 nitrogen and oxygen atoms in total. The Bertz CT molecular complexity index is 640. The first-order chi connectivity index (χ1) is 11.5. The van der Waals surface area contributed by atoms with E-state index in [0.717, 1.165) is 38.5 Å². The average molecular weight is 354 g/mol. The molecule has 0 radical (unpaired) electrons. The summed E-state index contributed by atoms with van der Waals surface area (Å²) in [6.07, 6.45) is 5.55. The van der Waals surface area contributed by atoms with E-state index in [1.54, 1.807) is 19.2 Å². The first kappa shape index (κ1) is 18.9. The third-order valence-electron chi connectivity index (χ3n) is 4.14. The maximum atomic E-state index is 12.4. The molecular weight excluding hydrogens is 328 g/mol. The Morgan fingerprint density at radius 1 is 1.25 bits per heavy atom. The molecular formula is C17H26N2O4S. The van der Waals surface area contributed by atoms with Gasteiger partial charge in [-0.15, -0.1) is 0 Å². The minimum absolute atomic E-state index is 0.00765. The SMILES string of the molecule is COCCCCNC(=O)c1cccc(S(=O)(=O)NC2CCCC2)c1. The molecule has 24 heavy (non-hydrogen) atoms. The van der Waals surface area contributed by atoms with Gasteiger partial charge < -0.3 is 10.1 Å². The molecule has 2 rings (SSSR count). The molecule has 1 amide bonds. The number of rotatable bonds is 9. The zero-order chi connectivity index (χ0) is 17.4. The van der Waals surface area contributed by atoms with Crippen LogP contribution in [0.25, 0.3) is 0 Å². The number of carbonyl (C=O) groups is 1. The van der Waals surface area contributed by atoms with Crippen LogP contribution in [0.5, 0.6) is 0 Å². The van der Waals surface area contributed by atoms with E-state index in [4.69, 9.17) is 4.74 Å². The number of hydrogen-bond donors (Lipinski definition) is 2. The maximum absolute atomic E-state index is 12.4. The number of carbonyl (C=O) groups excluding carboxylic acids is 1. The lowest BCUT2D eigenvalue weighted by Crippen LogP contribution is -2.33. The molecule has 0 heterocycles. The van der Waals surface area contributed by atoms with Gasteiger partial charge in [-0.3, -0.25) is 4.79 Å². The molecule has 2 N–H and O–H groups in total. The maximum Gasteiger partial charge on any atom is 0.251 e. The van der Waals surface area contributed by atoms with Crippen LogP contribution in [0.15, 0.2) is 29.2 Å². The van der Waals surface area contributed by atoms with Gasteiger partial charge >= 0.3 is 0 Å². The van der Waals surface area contributed by atoms with Gasteiger partial charge in [0.05, 0.1) is 4.90 Å². The number of benzene rings is 1. The summed E-state index contributed by atoms with van der Waals surface area (Å²) in [4.78, 5) is 12.3. The Labute approximate surface area is 144 Å². The summed E-state index contributed by atoms with van der Waals surface area (Å²) in [6.45, 7) is 1.20. The molecule has 0 aliphatic heterocycles. The van der Waals surface area contributed by atoms with Gasteiger partial charge in [-0.2, -0.15) is 0 Å². The number of unbranched alkanes of at least 4 members (excludes halogenated alkanes) is 1. The molecule has 7 heteroatoms. The van der Waals surface area contributed by atoms with Crippen molar-refractivity contribution in [2.24, 2.45) is 0 Å². The third-order valence-corrected chi connectivity index (χ3v) is 5.66. The number of nitrogens with one attached hydrogen (secondary N) is 2. The van der Waals surface area contributed by atoms with Crippen LogP contribution in [0, 0.1) is 0 Å². The van der Waals surface area contributed by atoms with Crippen LogP contribution < -0.4 is 10.0 Å². The van der Waals surface area contributed by atoms with E-state index in [0.29, 0.717) is 18.7 Å². The van der Waals surface area contributed by atoms with Crippen LogP contribution in [-0.2, 0) is 14.8 Å². The molecule has 0 atom stereocenters. The largest absolute Gasteiger partial charge is 0.385 e. The molecule has 1 fully saturated rings. The van der Waals surface area contributed by atoms with E-state index in [1.165, 1.54) is 12.1 Å². The minimum atomic E-state index is -3.58. The van der Waals surface area contributed by atoms with Crippen molar-refractivity contribution in [1.82, 2.24) is 10.0 Å². The van der Waals surface area contributed by atoms with Crippen molar-refractivity contribution >= 4 is 15.9 Å². The van der Waals surface area contributed by atoms with Crippen LogP contribution in [0.1, 0.15) is 48.9 Å². The number of sulfonamides is 1. The van der Waals surface area contributed by atoms with E-state index in [-0.39, 0.29) is 16.8 Å². The number of hydrogen-bond acceptors (Lipinski definition) is 4. The molecule has 0 saturated heterocycles. The molecule has 1 aromatic rings. The van der Waals surface area contributed by atoms with Crippen molar-refractivity contribution in [2.75, 3.05) is 20.3 Å². The lowest BCUT2D eigenvalue weighted by molar-refractivity contribution is 0.0951. The predicted molar refractivity (Wildman–Crippen MR) is 92.5 cm³/mol. The van der Waals surface area contributed by atoms with Gasteiger partial charge in [0.1, 0.15) is 0 Å². The van der Waals surface area contributed by atoms with Gasteiger partial charge in [-0.25, -0.2) is 13.1 Å².